The first-order valence-corrected chi connectivity index (χ1v) is 11.4. The van der Waals surface area contributed by atoms with E-state index in [-0.39, 0.29) is 5.91 Å². The van der Waals surface area contributed by atoms with Gasteiger partial charge in [-0.25, -0.2) is 0 Å². The first-order valence-electron chi connectivity index (χ1n) is 11.0. The van der Waals surface area contributed by atoms with Crippen LogP contribution in [0.5, 0.6) is 5.75 Å². The molecular formula is C25H30ClN3O2. The molecule has 0 aliphatic carbocycles. The quantitative estimate of drug-likeness (QED) is 0.743. The molecule has 0 aromatic heterocycles. The van der Waals surface area contributed by atoms with Crippen LogP contribution in [0, 0.1) is 0 Å². The largest absolute Gasteiger partial charge is 0.488 e. The van der Waals surface area contributed by atoms with E-state index in [1.165, 1.54) is 16.7 Å². The summed E-state index contributed by atoms with van der Waals surface area (Å²) >= 11 is 6.33. The maximum Gasteiger partial charge on any atom is 0.221 e. The van der Waals surface area contributed by atoms with Gasteiger partial charge in [0.15, 0.2) is 0 Å². The van der Waals surface area contributed by atoms with E-state index in [9.17, 15) is 4.79 Å². The number of nitrogens with zero attached hydrogens (tertiary/aromatic N) is 2. The van der Waals surface area contributed by atoms with Crippen molar-refractivity contribution in [3.63, 3.8) is 0 Å². The van der Waals surface area contributed by atoms with Gasteiger partial charge in [0.05, 0.1) is 0 Å². The summed E-state index contributed by atoms with van der Waals surface area (Å²) in [4.78, 5) is 16.3. The van der Waals surface area contributed by atoms with Crippen molar-refractivity contribution in [3.8, 4) is 5.75 Å². The molecule has 0 atom stereocenters. The van der Waals surface area contributed by atoms with Gasteiger partial charge < -0.3 is 19.9 Å². The highest BCUT2D eigenvalue weighted by atomic mass is 35.5. The minimum atomic E-state index is 0.113. The van der Waals surface area contributed by atoms with Crippen LogP contribution in [-0.2, 0) is 11.4 Å². The van der Waals surface area contributed by atoms with E-state index in [0.29, 0.717) is 13.0 Å². The number of piperazine rings is 1. The number of nitrogens with one attached hydrogen (secondary N) is 1. The number of halogens is 1. The summed E-state index contributed by atoms with van der Waals surface area (Å²) in [6, 6.07) is 14.3. The fourth-order valence-corrected chi connectivity index (χ4v) is 4.45. The third-order valence-electron chi connectivity index (χ3n) is 6.12. The zero-order valence-electron chi connectivity index (χ0n) is 18.1. The molecule has 0 unspecified atom stereocenters. The number of carbonyl (C=O) groups is 1. The number of fused-ring (bicyclic) bond motifs is 2. The molecule has 1 N–H and O–H groups in total. The summed E-state index contributed by atoms with van der Waals surface area (Å²) in [6.45, 7) is 6.54. The van der Waals surface area contributed by atoms with Crippen LogP contribution in [0.3, 0.4) is 0 Å². The Bertz CT molecular complexity index is 952. The number of ether oxygens (including phenoxy) is 1. The van der Waals surface area contributed by atoms with Gasteiger partial charge >= 0.3 is 0 Å². The number of hydrogen-bond acceptors (Lipinski definition) is 4. The smallest absolute Gasteiger partial charge is 0.221 e. The predicted molar refractivity (Wildman–Crippen MR) is 125 cm³/mol. The van der Waals surface area contributed by atoms with Gasteiger partial charge in [-0.05, 0) is 41.3 Å². The zero-order valence-corrected chi connectivity index (χ0v) is 18.8. The number of carbonyl (C=O) groups excluding carboxylic acids is 1. The lowest BCUT2D eigenvalue weighted by molar-refractivity contribution is -0.121. The molecule has 5 nitrogen and oxygen atoms in total. The molecule has 1 saturated heterocycles. The number of benzene rings is 2. The molecule has 1 fully saturated rings. The second-order valence-electron chi connectivity index (χ2n) is 8.10. The topological polar surface area (TPSA) is 44.8 Å². The standard InChI is InChI=1S/C25H30ClN3O2/c1-27-25(30)10-12-29-15-13-28(14-16-29)11-4-7-22-21-6-3-2-5-19(21)18-31-24-9-8-20(26)17-23(22)24/h2-3,5-9,17H,4,10-16,18H2,1H3,(H,27,30)/b22-7-. The Morgan fingerprint density at radius 1 is 1.06 bits per heavy atom. The lowest BCUT2D eigenvalue weighted by Gasteiger charge is -2.34. The first kappa shape index (κ1) is 21.9. The highest BCUT2D eigenvalue weighted by Gasteiger charge is 2.20. The van der Waals surface area contributed by atoms with Crippen molar-refractivity contribution in [3.05, 3.63) is 70.3 Å². The van der Waals surface area contributed by atoms with Gasteiger partial charge in [0.2, 0.25) is 5.91 Å². The predicted octanol–water partition coefficient (Wildman–Crippen LogP) is 3.81. The molecule has 0 spiro atoms. The van der Waals surface area contributed by atoms with E-state index in [1.807, 2.05) is 18.2 Å². The molecular weight excluding hydrogens is 410 g/mol. The van der Waals surface area contributed by atoms with Crippen LogP contribution in [0.15, 0.2) is 48.5 Å². The Morgan fingerprint density at radius 3 is 2.58 bits per heavy atom. The fraction of sp³-hybridized carbons (Fsp3) is 0.400. The van der Waals surface area contributed by atoms with Gasteiger partial charge in [-0.1, -0.05) is 41.9 Å². The van der Waals surface area contributed by atoms with Gasteiger partial charge in [0.1, 0.15) is 12.4 Å². The van der Waals surface area contributed by atoms with Crippen molar-refractivity contribution in [2.75, 3.05) is 46.3 Å². The van der Waals surface area contributed by atoms with E-state index in [2.05, 4.69) is 45.5 Å². The lowest BCUT2D eigenvalue weighted by atomic mass is 9.93. The maximum absolute atomic E-state index is 11.5. The normalized spacial score (nSPS) is 18.1. The molecule has 6 heteroatoms. The van der Waals surface area contributed by atoms with Crippen molar-refractivity contribution in [1.82, 2.24) is 15.1 Å². The Labute approximate surface area is 189 Å². The number of amides is 1. The van der Waals surface area contributed by atoms with Crippen LogP contribution in [0.1, 0.15) is 29.5 Å². The number of hydrogen-bond donors (Lipinski definition) is 1. The molecule has 2 aliphatic rings. The highest BCUT2D eigenvalue weighted by molar-refractivity contribution is 6.30. The van der Waals surface area contributed by atoms with Crippen molar-refractivity contribution >= 4 is 23.1 Å². The van der Waals surface area contributed by atoms with Gasteiger partial charge in [0, 0.05) is 63.3 Å². The Kier molecular flexibility index (Phi) is 7.28. The molecule has 0 saturated carbocycles. The van der Waals surface area contributed by atoms with Gasteiger partial charge in [-0.3, -0.25) is 4.79 Å². The lowest BCUT2D eigenvalue weighted by Crippen LogP contribution is -2.47. The first-order chi connectivity index (χ1) is 15.1. The minimum absolute atomic E-state index is 0.113. The molecule has 2 heterocycles. The molecule has 31 heavy (non-hydrogen) atoms. The summed E-state index contributed by atoms with van der Waals surface area (Å²) < 4.78 is 6.07. The molecule has 2 aliphatic heterocycles. The van der Waals surface area contributed by atoms with Crippen LogP contribution < -0.4 is 10.1 Å². The number of rotatable bonds is 6. The monoisotopic (exact) mass is 439 g/mol. The van der Waals surface area contributed by atoms with E-state index in [0.717, 1.165) is 62.0 Å². The summed E-state index contributed by atoms with van der Waals surface area (Å²) in [7, 11) is 1.69. The third-order valence-corrected chi connectivity index (χ3v) is 6.35. The molecule has 2 aromatic rings. The van der Waals surface area contributed by atoms with Crippen molar-refractivity contribution in [2.45, 2.75) is 19.4 Å². The van der Waals surface area contributed by atoms with Crippen LogP contribution in [0.2, 0.25) is 5.02 Å². The zero-order chi connectivity index (χ0) is 21.6. The third kappa shape index (κ3) is 5.48. The Balaban J connectivity index is 1.41. The van der Waals surface area contributed by atoms with E-state index >= 15 is 0 Å². The van der Waals surface area contributed by atoms with Crippen LogP contribution >= 0.6 is 11.6 Å². The second kappa shape index (κ2) is 10.3. The van der Waals surface area contributed by atoms with Crippen LogP contribution in [0.25, 0.3) is 5.57 Å². The van der Waals surface area contributed by atoms with E-state index in [4.69, 9.17) is 16.3 Å². The van der Waals surface area contributed by atoms with Gasteiger partial charge in [-0.2, -0.15) is 0 Å². The van der Waals surface area contributed by atoms with Gasteiger partial charge in [-0.15, -0.1) is 0 Å². The molecule has 4 rings (SSSR count). The summed E-state index contributed by atoms with van der Waals surface area (Å²) in [5, 5.41) is 3.42. The summed E-state index contributed by atoms with van der Waals surface area (Å²) in [5.74, 6) is 0.999. The van der Waals surface area contributed by atoms with Crippen molar-refractivity contribution < 1.29 is 9.53 Å². The van der Waals surface area contributed by atoms with E-state index in [1.54, 1.807) is 7.05 Å². The van der Waals surface area contributed by atoms with Gasteiger partial charge in [0.25, 0.3) is 0 Å². The average Bonchev–Trinajstić information content (AvgIpc) is 2.95. The van der Waals surface area contributed by atoms with Crippen molar-refractivity contribution in [2.24, 2.45) is 0 Å². The van der Waals surface area contributed by atoms with Crippen molar-refractivity contribution in [1.29, 1.82) is 0 Å². The van der Waals surface area contributed by atoms with Crippen LogP contribution in [-0.4, -0.2) is 62.0 Å². The Hall–Kier alpha value is -2.34. The molecule has 164 valence electrons. The highest BCUT2D eigenvalue weighted by Crippen LogP contribution is 2.38. The molecule has 0 bridgehead atoms. The second-order valence-corrected chi connectivity index (χ2v) is 8.54. The maximum atomic E-state index is 11.5. The Morgan fingerprint density at radius 2 is 1.81 bits per heavy atom. The van der Waals surface area contributed by atoms with E-state index < -0.39 is 0 Å². The molecule has 1 amide bonds. The average molecular weight is 440 g/mol. The SMILES string of the molecule is CNC(=O)CCN1CCN(CC/C=C2/c3ccccc3COc3ccc(Cl)cc32)CC1. The minimum Gasteiger partial charge on any atom is -0.488 e. The summed E-state index contributed by atoms with van der Waals surface area (Å²) in [6.07, 6.45) is 3.88. The summed E-state index contributed by atoms with van der Waals surface area (Å²) in [5.41, 5.74) is 4.69. The fourth-order valence-electron chi connectivity index (χ4n) is 4.28. The molecule has 0 radical (unpaired) electrons. The molecule has 2 aromatic carbocycles. The van der Waals surface area contributed by atoms with Crippen LogP contribution in [0.4, 0.5) is 0 Å².